The highest BCUT2D eigenvalue weighted by Crippen LogP contribution is 2.32. The van der Waals surface area contributed by atoms with Crippen molar-refractivity contribution in [1.29, 1.82) is 0 Å². The Balaban J connectivity index is 1.46. The first kappa shape index (κ1) is 20.9. The third kappa shape index (κ3) is 4.49. The summed E-state index contributed by atoms with van der Waals surface area (Å²) in [5.41, 5.74) is 3.65. The molecule has 0 saturated carbocycles. The average Bonchev–Trinajstić information content (AvgIpc) is 3.54. The fourth-order valence-corrected chi connectivity index (χ4v) is 4.66. The molecule has 0 aliphatic carbocycles. The van der Waals surface area contributed by atoms with Gasteiger partial charge in [0.2, 0.25) is 0 Å². The first-order chi connectivity index (χ1) is 16.2. The quantitative estimate of drug-likeness (QED) is 0.325. The van der Waals surface area contributed by atoms with Crippen LogP contribution in [0.4, 0.5) is 5.13 Å². The van der Waals surface area contributed by atoms with Crippen LogP contribution in [0.5, 0.6) is 5.75 Å². The van der Waals surface area contributed by atoms with Gasteiger partial charge in [-0.25, -0.2) is 4.98 Å². The number of fused-ring (bicyclic) bond motifs is 1. The molecule has 164 valence electrons. The van der Waals surface area contributed by atoms with Crippen molar-refractivity contribution in [2.24, 2.45) is 0 Å². The molecule has 0 N–H and O–H groups in total. The van der Waals surface area contributed by atoms with Crippen LogP contribution in [0.15, 0.2) is 91.3 Å². The Bertz CT molecular complexity index is 1360. The molecule has 1 amide bonds. The summed E-state index contributed by atoms with van der Waals surface area (Å²) in [5, 5.41) is 4.92. The van der Waals surface area contributed by atoms with Crippen molar-refractivity contribution in [3.63, 3.8) is 0 Å². The number of anilines is 1. The number of carbonyl (C=O) groups excluding carboxylic acids is 1. The molecular weight excluding hydrogens is 432 g/mol. The van der Waals surface area contributed by atoms with Gasteiger partial charge in [-0.3, -0.25) is 14.4 Å². The van der Waals surface area contributed by atoms with Gasteiger partial charge in [-0.05, 0) is 47.5 Å². The lowest BCUT2D eigenvalue weighted by atomic mass is 10.0. The lowest BCUT2D eigenvalue weighted by Gasteiger charge is -2.20. The van der Waals surface area contributed by atoms with Crippen LogP contribution in [0.2, 0.25) is 0 Å². The maximum Gasteiger partial charge on any atom is 0.260 e. The highest BCUT2D eigenvalue weighted by molar-refractivity contribution is 7.22. The van der Waals surface area contributed by atoms with Gasteiger partial charge in [0.05, 0.1) is 23.9 Å². The van der Waals surface area contributed by atoms with E-state index in [1.807, 2.05) is 77.6 Å². The lowest BCUT2D eigenvalue weighted by molar-refractivity contribution is 0.0986. The number of methoxy groups -OCH3 is 1. The van der Waals surface area contributed by atoms with Crippen LogP contribution in [-0.4, -0.2) is 34.3 Å². The van der Waals surface area contributed by atoms with E-state index in [0.717, 1.165) is 27.1 Å². The average molecular weight is 455 g/mol. The molecule has 0 fully saturated rings. The molecule has 7 heteroatoms. The molecule has 0 spiro atoms. The number of benzene rings is 3. The van der Waals surface area contributed by atoms with Crippen molar-refractivity contribution in [2.75, 3.05) is 18.6 Å². The Morgan fingerprint density at radius 1 is 1.00 bits per heavy atom. The van der Waals surface area contributed by atoms with Crippen molar-refractivity contribution < 1.29 is 9.53 Å². The molecule has 0 aliphatic rings. The molecule has 0 bridgehead atoms. The van der Waals surface area contributed by atoms with Crippen LogP contribution < -0.4 is 9.64 Å². The van der Waals surface area contributed by atoms with E-state index in [9.17, 15) is 4.79 Å². The smallest absolute Gasteiger partial charge is 0.260 e. The molecule has 0 saturated heterocycles. The van der Waals surface area contributed by atoms with Gasteiger partial charge in [0.15, 0.2) is 5.13 Å². The standard InChI is InChI=1S/C26H22N4O2S/c1-32-22-12-13-23-24(18-22)33-26(28-23)30(17-16-29-15-5-14-27-29)25(31)21-10-8-20(9-11-21)19-6-3-2-4-7-19/h2-15,18H,16-17H2,1H3. The minimum absolute atomic E-state index is 0.0900. The number of thiazole rings is 1. The van der Waals surface area contributed by atoms with Crippen LogP contribution in [0.3, 0.4) is 0 Å². The van der Waals surface area contributed by atoms with Crippen molar-refractivity contribution in [1.82, 2.24) is 14.8 Å². The van der Waals surface area contributed by atoms with Crippen LogP contribution in [0, 0.1) is 0 Å². The highest BCUT2D eigenvalue weighted by Gasteiger charge is 2.22. The second-order valence-electron chi connectivity index (χ2n) is 7.50. The summed E-state index contributed by atoms with van der Waals surface area (Å²) >= 11 is 1.48. The predicted octanol–water partition coefficient (Wildman–Crippen LogP) is 5.52. The third-order valence-electron chi connectivity index (χ3n) is 5.41. The number of nitrogens with zero attached hydrogens (tertiary/aromatic N) is 4. The predicted molar refractivity (Wildman–Crippen MR) is 132 cm³/mol. The summed E-state index contributed by atoms with van der Waals surface area (Å²) in [5.74, 6) is 0.677. The molecule has 2 aromatic heterocycles. The first-order valence-corrected chi connectivity index (χ1v) is 11.4. The summed E-state index contributed by atoms with van der Waals surface area (Å²) in [6.45, 7) is 1.03. The van der Waals surface area contributed by atoms with E-state index in [0.29, 0.717) is 23.8 Å². The zero-order valence-corrected chi connectivity index (χ0v) is 18.9. The summed E-state index contributed by atoms with van der Waals surface area (Å²) in [7, 11) is 1.64. The maximum absolute atomic E-state index is 13.6. The normalized spacial score (nSPS) is 10.9. The number of hydrogen-bond acceptors (Lipinski definition) is 5. The number of carbonyl (C=O) groups is 1. The van der Waals surface area contributed by atoms with Gasteiger partial charge in [0.1, 0.15) is 5.75 Å². The molecule has 0 unspecified atom stereocenters. The summed E-state index contributed by atoms with van der Waals surface area (Å²) in [6, 6.07) is 25.5. The van der Waals surface area contributed by atoms with E-state index in [-0.39, 0.29) is 5.91 Å². The first-order valence-electron chi connectivity index (χ1n) is 10.6. The zero-order chi connectivity index (χ0) is 22.6. The molecule has 6 nitrogen and oxygen atoms in total. The van der Waals surface area contributed by atoms with Crippen molar-refractivity contribution in [2.45, 2.75) is 6.54 Å². The van der Waals surface area contributed by atoms with Gasteiger partial charge in [0, 0.05) is 24.5 Å². The molecular formula is C26H22N4O2S. The second kappa shape index (κ2) is 9.26. The van der Waals surface area contributed by atoms with Crippen molar-refractivity contribution >= 4 is 32.6 Å². The molecule has 3 aromatic carbocycles. The fraction of sp³-hybridized carbons (Fsp3) is 0.115. The van der Waals surface area contributed by atoms with Gasteiger partial charge in [-0.15, -0.1) is 0 Å². The minimum atomic E-state index is -0.0900. The van der Waals surface area contributed by atoms with Crippen LogP contribution in [0.1, 0.15) is 10.4 Å². The maximum atomic E-state index is 13.6. The largest absolute Gasteiger partial charge is 0.497 e. The summed E-state index contributed by atoms with van der Waals surface area (Å²) in [6.07, 6.45) is 3.62. The van der Waals surface area contributed by atoms with Gasteiger partial charge in [-0.1, -0.05) is 53.8 Å². The van der Waals surface area contributed by atoms with E-state index < -0.39 is 0 Å². The zero-order valence-electron chi connectivity index (χ0n) is 18.1. The van der Waals surface area contributed by atoms with Gasteiger partial charge in [0.25, 0.3) is 5.91 Å². The Morgan fingerprint density at radius 2 is 1.79 bits per heavy atom. The summed E-state index contributed by atoms with van der Waals surface area (Å²) in [4.78, 5) is 20.1. The molecule has 0 aliphatic heterocycles. The van der Waals surface area contributed by atoms with Gasteiger partial charge in [-0.2, -0.15) is 5.10 Å². The second-order valence-corrected chi connectivity index (χ2v) is 8.51. The van der Waals surface area contributed by atoms with Crippen LogP contribution in [-0.2, 0) is 6.54 Å². The van der Waals surface area contributed by atoms with E-state index in [1.54, 1.807) is 18.2 Å². The third-order valence-corrected chi connectivity index (χ3v) is 6.45. The highest BCUT2D eigenvalue weighted by atomic mass is 32.1. The van der Waals surface area contributed by atoms with Gasteiger partial charge < -0.3 is 4.74 Å². The molecule has 5 rings (SSSR count). The van der Waals surface area contributed by atoms with Gasteiger partial charge >= 0.3 is 0 Å². The van der Waals surface area contributed by atoms with E-state index in [4.69, 9.17) is 9.72 Å². The number of amides is 1. The number of rotatable bonds is 7. The molecule has 0 atom stereocenters. The Hall–Kier alpha value is -3.97. The van der Waals surface area contributed by atoms with Crippen molar-refractivity contribution in [3.05, 3.63) is 96.8 Å². The Kier molecular flexibility index (Phi) is 5.87. The number of hydrogen-bond donors (Lipinski definition) is 0. The van der Waals surface area contributed by atoms with E-state index >= 15 is 0 Å². The lowest BCUT2D eigenvalue weighted by Crippen LogP contribution is -2.34. The molecule has 0 radical (unpaired) electrons. The topological polar surface area (TPSA) is 60.2 Å². The van der Waals surface area contributed by atoms with Crippen molar-refractivity contribution in [3.8, 4) is 16.9 Å². The SMILES string of the molecule is COc1ccc2nc(N(CCn3cccn3)C(=O)c3ccc(-c4ccccc4)cc3)sc2c1. The minimum Gasteiger partial charge on any atom is -0.497 e. The number of ether oxygens (including phenoxy) is 1. The van der Waals surface area contributed by atoms with Crippen LogP contribution >= 0.6 is 11.3 Å². The van der Waals surface area contributed by atoms with E-state index in [2.05, 4.69) is 17.2 Å². The Morgan fingerprint density at radius 3 is 2.52 bits per heavy atom. The molecule has 5 aromatic rings. The van der Waals surface area contributed by atoms with Crippen LogP contribution in [0.25, 0.3) is 21.3 Å². The Labute approximate surface area is 195 Å². The monoisotopic (exact) mass is 454 g/mol. The fourth-order valence-electron chi connectivity index (χ4n) is 3.65. The summed E-state index contributed by atoms with van der Waals surface area (Å²) < 4.78 is 8.13. The number of aromatic nitrogens is 3. The molecule has 2 heterocycles. The van der Waals surface area contributed by atoms with E-state index in [1.165, 1.54) is 11.3 Å². The molecule has 33 heavy (non-hydrogen) atoms.